The van der Waals surface area contributed by atoms with Gasteiger partial charge in [0.15, 0.2) is 0 Å². The highest BCUT2D eigenvalue weighted by Crippen LogP contribution is 2.26. The van der Waals surface area contributed by atoms with Gasteiger partial charge in [0.05, 0.1) is 18.2 Å². The van der Waals surface area contributed by atoms with Gasteiger partial charge in [-0.2, -0.15) is 5.10 Å². The second-order valence-corrected chi connectivity index (χ2v) is 8.25. The van der Waals surface area contributed by atoms with Crippen LogP contribution in [0, 0.1) is 6.92 Å². The molecule has 3 rings (SSSR count). The Hall–Kier alpha value is -2.79. The number of carbonyl (C=O) groups excluding carboxylic acids is 1. The molecule has 1 amide bonds. The van der Waals surface area contributed by atoms with E-state index in [1.54, 1.807) is 6.20 Å². The fourth-order valence-electron chi connectivity index (χ4n) is 3.43. The molecule has 0 bridgehead atoms. The minimum atomic E-state index is -0.239. The minimum Gasteiger partial charge on any atom is -0.273 e. The number of carbonyl (C=O) groups is 1. The van der Waals surface area contributed by atoms with Crippen molar-refractivity contribution in [2.45, 2.75) is 38.6 Å². The molecule has 3 aromatic rings. The molecule has 5 heteroatoms. The lowest BCUT2D eigenvalue weighted by molar-refractivity contribution is -0.133. The van der Waals surface area contributed by atoms with E-state index in [2.05, 4.69) is 44.9 Å². The van der Waals surface area contributed by atoms with Gasteiger partial charge in [-0.15, -0.1) is 0 Å². The van der Waals surface area contributed by atoms with Gasteiger partial charge in [0.25, 0.3) is 0 Å². The molecule has 154 valence electrons. The number of halogens is 1. The molecule has 0 saturated heterocycles. The van der Waals surface area contributed by atoms with Gasteiger partial charge in [0.1, 0.15) is 0 Å². The minimum absolute atomic E-state index is 0.0758. The zero-order valence-electron chi connectivity index (χ0n) is 17.2. The number of amides is 1. The van der Waals surface area contributed by atoms with Crippen LogP contribution in [-0.4, -0.2) is 22.6 Å². The summed E-state index contributed by atoms with van der Waals surface area (Å²) in [6, 6.07) is 21.9. The van der Waals surface area contributed by atoms with Gasteiger partial charge in [0, 0.05) is 17.4 Å². The van der Waals surface area contributed by atoms with Crippen molar-refractivity contribution in [1.29, 1.82) is 0 Å². The highest BCUT2D eigenvalue weighted by atomic mass is 79.9. The van der Waals surface area contributed by atoms with Gasteiger partial charge in [-0.25, -0.2) is 5.01 Å². The average molecular weight is 464 g/mol. The smallest absolute Gasteiger partial charge is 0.247 e. The van der Waals surface area contributed by atoms with Crippen LogP contribution in [0.25, 0.3) is 0 Å². The van der Waals surface area contributed by atoms with E-state index in [0.29, 0.717) is 0 Å². The monoisotopic (exact) mass is 463 g/mol. The summed E-state index contributed by atoms with van der Waals surface area (Å²) < 4.78 is 1.07. The van der Waals surface area contributed by atoms with Gasteiger partial charge in [-0.3, -0.25) is 9.78 Å². The van der Waals surface area contributed by atoms with Crippen molar-refractivity contribution in [2.24, 2.45) is 5.10 Å². The largest absolute Gasteiger partial charge is 0.273 e. The second kappa shape index (κ2) is 10.8. The normalized spacial score (nSPS) is 11.7. The Morgan fingerprint density at radius 2 is 1.77 bits per heavy atom. The van der Waals surface area contributed by atoms with Crippen LogP contribution in [-0.2, 0) is 17.6 Å². The predicted molar refractivity (Wildman–Crippen MR) is 125 cm³/mol. The van der Waals surface area contributed by atoms with Gasteiger partial charge in [-0.1, -0.05) is 64.0 Å². The molecular formula is C25H26BrN3O. The lowest BCUT2D eigenvalue weighted by atomic mass is 10.0. The Morgan fingerprint density at radius 1 is 1.07 bits per heavy atom. The first-order chi connectivity index (χ1) is 14.6. The Kier molecular flexibility index (Phi) is 7.91. The first-order valence-electron chi connectivity index (χ1n) is 10.1. The zero-order valence-corrected chi connectivity index (χ0v) is 18.8. The van der Waals surface area contributed by atoms with Crippen LogP contribution in [0.4, 0.5) is 0 Å². The van der Waals surface area contributed by atoms with E-state index in [0.717, 1.165) is 35.0 Å². The molecule has 1 aromatic heterocycles. The molecule has 0 aliphatic carbocycles. The van der Waals surface area contributed by atoms with Crippen LogP contribution in [0.3, 0.4) is 0 Å². The lowest BCUT2D eigenvalue weighted by Crippen LogP contribution is -2.32. The lowest BCUT2D eigenvalue weighted by Gasteiger charge is -2.27. The van der Waals surface area contributed by atoms with E-state index >= 15 is 0 Å². The predicted octanol–water partition coefficient (Wildman–Crippen LogP) is 5.90. The first-order valence-corrected chi connectivity index (χ1v) is 10.9. The highest BCUT2D eigenvalue weighted by molar-refractivity contribution is 9.10. The van der Waals surface area contributed by atoms with Crippen molar-refractivity contribution in [3.8, 4) is 0 Å². The summed E-state index contributed by atoms with van der Waals surface area (Å²) in [5, 5.41) is 5.61. The van der Waals surface area contributed by atoms with Crippen molar-refractivity contribution in [3.63, 3.8) is 0 Å². The summed E-state index contributed by atoms with van der Waals surface area (Å²) in [7, 11) is 0. The van der Waals surface area contributed by atoms with Crippen molar-refractivity contribution in [3.05, 3.63) is 99.8 Å². The summed E-state index contributed by atoms with van der Waals surface area (Å²) in [6.45, 7) is 5.72. The molecule has 0 N–H and O–H groups in total. The maximum Gasteiger partial charge on any atom is 0.247 e. The number of hydrogen-bond donors (Lipinski definition) is 0. The number of aryl methyl sites for hydroxylation is 2. The molecule has 1 heterocycles. The van der Waals surface area contributed by atoms with Crippen molar-refractivity contribution in [1.82, 2.24) is 9.99 Å². The van der Waals surface area contributed by atoms with E-state index in [4.69, 9.17) is 0 Å². The molecule has 1 atom stereocenters. The fourth-order valence-corrected chi connectivity index (χ4v) is 3.70. The first kappa shape index (κ1) is 21.9. The number of rotatable bonds is 9. The van der Waals surface area contributed by atoms with Crippen molar-refractivity contribution < 1.29 is 4.79 Å². The third kappa shape index (κ3) is 6.10. The van der Waals surface area contributed by atoms with Gasteiger partial charge in [-0.05, 0) is 61.6 Å². The van der Waals surface area contributed by atoms with Gasteiger partial charge < -0.3 is 0 Å². The van der Waals surface area contributed by atoms with E-state index < -0.39 is 0 Å². The quantitative estimate of drug-likeness (QED) is 0.292. The SMILES string of the molecule is C=NN(C(=O)Cc1ccc(C)cc1)C(CCCc1ccc(Br)cc1)c1ccccn1. The number of hydrogen-bond acceptors (Lipinski definition) is 3. The Morgan fingerprint density at radius 3 is 2.40 bits per heavy atom. The van der Waals surface area contributed by atoms with Crippen LogP contribution < -0.4 is 0 Å². The Bertz CT molecular complexity index is 956. The maximum absolute atomic E-state index is 13.1. The standard InChI is InChI=1S/C25H26BrN3O/c1-19-9-11-21(12-10-19)18-25(30)29(27-2)24(23-7-3-4-17-28-23)8-5-6-20-13-15-22(26)16-14-20/h3-4,7,9-17,24H,2,5-6,8,18H2,1H3. The summed E-state index contributed by atoms with van der Waals surface area (Å²) >= 11 is 3.47. The maximum atomic E-state index is 13.1. The second-order valence-electron chi connectivity index (χ2n) is 7.33. The molecule has 0 aliphatic rings. The molecule has 0 aliphatic heterocycles. The number of pyridine rings is 1. The number of nitrogens with zero attached hydrogens (tertiary/aromatic N) is 3. The molecule has 2 aromatic carbocycles. The molecule has 30 heavy (non-hydrogen) atoms. The summed E-state index contributed by atoms with van der Waals surface area (Å²) in [5.74, 6) is -0.0758. The topological polar surface area (TPSA) is 45.6 Å². The van der Waals surface area contributed by atoms with Gasteiger partial charge in [0.2, 0.25) is 5.91 Å². The van der Waals surface area contributed by atoms with Crippen molar-refractivity contribution in [2.75, 3.05) is 0 Å². The van der Waals surface area contributed by atoms with Crippen molar-refractivity contribution >= 4 is 28.6 Å². The summed E-state index contributed by atoms with van der Waals surface area (Å²) in [6.07, 6.45) is 4.63. The van der Waals surface area contributed by atoms with Crippen LogP contribution in [0.1, 0.15) is 41.3 Å². The van der Waals surface area contributed by atoms with Gasteiger partial charge >= 0.3 is 0 Å². The van der Waals surface area contributed by atoms with Crippen LogP contribution in [0.5, 0.6) is 0 Å². The molecule has 0 fully saturated rings. The number of hydrazone groups is 1. The fraction of sp³-hybridized carbons (Fsp3) is 0.240. The molecule has 4 nitrogen and oxygen atoms in total. The summed E-state index contributed by atoms with van der Waals surface area (Å²) in [5.41, 5.74) is 4.23. The van der Waals surface area contributed by atoms with Crippen LogP contribution in [0.2, 0.25) is 0 Å². The third-order valence-electron chi connectivity index (χ3n) is 5.06. The highest BCUT2D eigenvalue weighted by Gasteiger charge is 2.25. The third-order valence-corrected chi connectivity index (χ3v) is 5.59. The zero-order chi connectivity index (χ0) is 21.3. The van der Waals surface area contributed by atoms with E-state index in [1.165, 1.54) is 16.1 Å². The van der Waals surface area contributed by atoms with E-state index in [9.17, 15) is 4.79 Å². The summed E-state index contributed by atoms with van der Waals surface area (Å²) in [4.78, 5) is 17.6. The molecule has 1 unspecified atom stereocenters. The van der Waals surface area contributed by atoms with E-state index in [1.807, 2.05) is 61.5 Å². The number of benzene rings is 2. The molecule has 0 spiro atoms. The number of aromatic nitrogens is 1. The van der Waals surface area contributed by atoms with Crippen LogP contribution >= 0.6 is 15.9 Å². The Balaban J connectivity index is 1.73. The molecule has 0 saturated carbocycles. The molecular weight excluding hydrogens is 438 g/mol. The van der Waals surface area contributed by atoms with Crippen LogP contribution in [0.15, 0.2) is 82.5 Å². The van der Waals surface area contributed by atoms with E-state index in [-0.39, 0.29) is 18.4 Å². The average Bonchev–Trinajstić information content (AvgIpc) is 2.76. The molecule has 0 radical (unpaired) electrons. The Labute approximate surface area is 186 Å².